The molecular weight excluding hydrogens is 174 g/mol. The van der Waals surface area contributed by atoms with Gasteiger partial charge < -0.3 is 0 Å². The van der Waals surface area contributed by atoms with E-state index in [-0.39, 0.29) is 0 Å². The first kappa shape index (κ1) is 8.76. The Bertz CT molecular complexity index is 517. The maximum atomic E-state index is 8.70. The molecule has 0 amide bonds. The third-order valence-electron chi connectivity index (χ3n) is 2.41. The van der Waals surface area contributed by atoms with E-state index >= 15 is 0 Å². The maximum Gasteiger partial charge on any atom is 0.0685 e. The first-order valence-corrected chi connectivity index (χ1v) is 4.52. The summed E-state index contributed by atoms with van der Waals surface area (Å²) in [7, 11) is 1.92. The average molecular weight is 185 g/mol. The Balaban J connectivity index is 2.80. The second-order valence-corrected chi connectivity index (χ2v) is 3.36. The molecule has 0 atom stereocenters. The summed E-state index contributed by atoms with van der Waals surface area (Å²) in [6.45, 7) is 1.98. The standard InChI is InChI=1S/C11H11N3/c1-8-11-9(6-7-12)4-3-5-10(11)14(2)13-8/h3-5H,6H2,1-2H3. The van der Waals surface area contributed by atoms with Gasteiger partial charge in [-0.15, -0.1) is 0 Å². The molecule has 3 nitrogen and oxygen atoms in total. The molecule has 2 rings (SSSR count). The van der Waals surface area contributed by atoms with Gasteiger partial charge in [0.25, 0.3) is 0 Å². The second kappa shape index (κ2) is 3.15. The van der Waals surface area contributed by atoms with Crippen molar-refractivity contribution in [2.24, 2.45) is 7.05 Å². The van der Waals surface area contributed by atoms with Gasteiger partial charge in [-0.25, -0.2) is 0 Å². The van der Waals surface area contributed by atoms with Gasteiger partial charge in [-0.2, -0.15) is 10.4 Å². The minimum Gasteiger partial charge on any atom is -0.268 e. The Hall–Kier alpha value is -1.82. The summed E-state index contributed by atoms with van der Waals surface area (Å²) in [5, 5.41) is 14.2. The van der Waals surface area contributed by atoms with Gasteiger partial charge in [-0.05, 0) is 18.6 Å². The number of fused-ring (bicyclic) bond motifs is 1. The van der Waals surface area contributed by atoms with Crippen LogP contribution in [0.2, 0.25) is 0 Å². The average Bonchev–Trinajstić information content (AvgIpc) is 2.44. The van der Waals surface area contributed by atoms with Crippen LogP contribution < -0.4 is 0 Å². The predicted molar refractivity (Wildman–Crippen MR) is 54.8 cm³/mol. The number of hydrogen-bond acceptors (Lipinski definition) is 2. The lowest BCUT2D eigenvalue weighted by Gasteiger charge is -1.98. The molecule has 1 aromatic carbocycles. The highest BCUT2D eigenvalue weighted by Crippen LogP contribution is 2.21. The fourth-order valence-electron chi connectivity index (χ4n) is 1.84. The zero-order chi connectivity index (χ0) is 10.1. The van der Waals surface area contributed by atoms with Gasteiger partial charge in [0.05, 0.1) is 23.7 Å². The van der Waals surface area contributed by atoms with Crippen LogP contribution >= 0.6 is 0 Å². The zero-order valence-corrected chi connectivity index (χ0v) is 8.28. The van der Waals surface area contributed by atoms with Crippen LogP contribution in [0.15, 0.2) is 18.2 Å². The molecule has 0 saturated carbocycles. The lowest BCUT2D eigenvalue weighted by Crippen LogP contribution is -1.89. The van der Waals surface area contributed by atoms with Crippen LogP contribution in [-0.2, 0) is 13.5 Å². The summed E-state index contributed by atoms with van der Waals surface area (Å²) in [5.74, 6) is 0. The molecule has 0 bridgehead atoms. The molecule has 14 heavy (non-hydrogen) atoms. The third-order valence-corrected chi connectivity index (χ3v) is 2.41. The van der Waals surface area contributed by atoms with Gasteiger partial charge in [0, 0.05) is 12.4 Å². The van der Waals surface area contributed by atoms with Crippen molar-refractivity contribution in [2.75, 3.05) is 0 Å². The minimum absolute atomic E-state index is 0.448. The molecule has 0 spiro atoms. The predicted octanol–water partition coefficient (Wildman–Crippen LogP) is 1.95. The van der Waals surface area contributed by atoms with Crippen LogP contribution in [0.3, 0.4) is 0 Å². The van der Waals surface area contributed by atoms with Crippen molar-refractivity contribution in [1.82, 2.24) is 9.78 Å². The molecule has 0 N–H and O–H groups in total. The first-order chi connectivity index (χ1) is 6.74. The number of benzene rings is 1. The smallest absolute Gasteiger partial charge is 0.0685 e. The van der Waals surface area contributed by atoms with Gasteiger partial charge >= 0.3 is 0 Å². The minimum atomic E-state index is 0.448. The Labute approximate surface area is 82.6 Å². The summed E-state index contributed by atoms with van der Waals surface area (Å²) in [5.41, 5.74) is 3.15. The van der Waals surface area contributed by atoms with E-state index in [1.54, 1.807) is 0 Å². The zero-order valence-electron chi connectivity index (χ0n) is 8.28. The van der Waals surface area contributed by atoms with E-state index in [0.717, 1.165) is 22.2 Å². The van der Waals surface area contributed by atoms with Crippen molar-refractivity contribution in [2.45, 2.75) is 13.3 Å². The van der Waals surface area contributed by atoms with Crippen molar-refractivity contribution in [3.8, 4) is 6.07 Å². The monoisotopic (exact) mass is 185 g/mol. The van der Waals surface area contributed by atoms with E-state index in [0.29, 0.717) is 6.42 Å². The van der Waals surface area contributed by atoms with Crippen molar-refractivity contribution < 1.29 is 0 Å². The van der Waals surface area contributed by atoms with Crippen LogP contribution in [-0.4, -0.2) is 9.78 Å². The van der Waals surface area contributed by atoms with E-state index in [4.69, 9.17) is 5.26 Å². The van der Waals surface area contributed by atoms with Crippen LogP contribution in [0, 0.1) is 18.3 Å². The Morgan fingerprint density at radius 1 is 1.50 bits per heavy atom. The summed E-state index contributed by atoms with van der Waals surface area (Å²) < 4.78 is 1.85. The van der Waals surface area contributed by atoms with Gasteiger partial charge in [0.2, 0.25) is 0 Å². The van der Waals surface area contributed by atoms with E-state index in [2.05, 4.69) is 11.2 Å². The van der Waals surface area contributed by atoms with Crippen molar-refractivity contribution in [1.29, 1.82) is 5.26 Å². The molecule has 1 heterocycles. The Kier molecular flexibility index (Phi) is 1.97. The van der Waals surface area contributed by atoms with Gasteiger partial charge in [-0.3, -0.25) is 4.68 Å². The molecule has 0 aliphatic carbocycles. The molecule has 0 saturated heterocycles. The van der Waals surface area contributed by atoms with E-state index < -0.39 is 0 Å². The van der Waals surface area contributed by atoms with E-state index in [9.17, 15) is 0 Å². The van der Waals surface area contributed by atoms with Crippen LogP contribution in [0.5, 0.6) is 0 Å². The normalized spacial score (nSPS) is 10.4. The summed E-state index contributed by atoms with van der Waals surface area (Å²) >= 11 is 0. The number of hydrogen-bond donors (Lipinski definition) is 0. The fraction of sp³-hybridized carbons (Fsp3) is 0.273. The van der Waals surface area contributed by atoms with Crippen LogP contribution in [0.4, 0.5) is 0 Å². The molecule has 0 aliphatic rings. The van der Waals surface area contributed by atoms with Crippen molar-refractivity contribution >= 4 is 10.9 Å². The molecule has 2 aromatic rings. The highest BCUT2D eigenvalue weighted by atomic mass is 15.3. The Morgan fingerprint density at radius 3 is 3.00 bits per heavy atom. The van der Waals surface area contributed by atoms with Crippen LogP contribution in [0.1, 0.15) is 11.3 Å². The molecule has 0 fully saturated rings. The van der Waals surface area contributed by atoms with Gasteiger partial charge in [-0.1, -0.05) is 12.1 Å². The van der Waals surface area contributed by atoms with Gasteiger partial charge in [0.15, 0.2) is 0 Å². The highest BCUT2D eigenvalue weighted by molar-refractivity contribution is 5.85. The third kappa shape index (κ3) is 1.16. The number of rotatable bonds is 1. The molecule has 0 radical (unpaired) electrons. The van der Waals surface area contributed by atoms with Crippen molar-refractivity contribution in [3.05, 3.63) is 29.5 Å². The van der Waals surface area contributed by atoms with E-state index in [1.165, 1.54) is 0 Å². The quantitative estimate of drug-likeness (QED) is 0.681. The lowest BCUT2D eigenvalue weighted by molar-refractivity contribution is 0.783. The largest absolute Gasteiger partial charge is 0.268 e. The maximum absolute atomic E-state index is 8.70. The first-order valence-electron chi connectivity index (χ1n) is 4.52. The number of nitrogens with zero attached hydrogens (tertiary/aromatic N) is 3. The number of nitriles is 1. The molecule has 3 heteroatoms. The Morgan fingerprint density at radius 2 is 2.29 bits per heavy atom. The molecule has 1 aromatic heterocycles. The van der Waals surface area contributed by atoms with Gasteiger partial charge in [0.1, 0.15) is 0 Å². The SMILES string of the molecule is Cc1nn(C)c2cccc(CC#N)c12. The summed E-state index contributed by atoms with van der Waals surface area (Å²) in [4.78, 5) is 0. The fourth-order valence-corrected chi connectivity index (χ4v) is 1.84. The number of aromatic nitrogens is 2. The second-order valence-electron chi connectivity index (χ2n) is 3.36. The number of aryl methyl sites for hydroxylation is 2. The summed E-state index contributed by atoms with van der Waals surface area (Å²) in [6.07, 6.45) is 0.448. The molecule has 70 valence electrons. The topological polar surface area (TPSA) is 41.6 Å². The van der Waals surface area contributed by atoms with E-state index in [1.807, 2.05) is 36.9 Å². The lowest BCUT2D eigenvalue weighted by atomic mass is 10.1. The molecular formula is C11H11N3. The van der Waals surface area contributed by atoms with Crippen LogP contribution in [0.25, 0.3) is 10.9 Å². The highest BCUT2D eigenvalue weighted by Gasteiger charge is 2.08. The van der Waals surface area contributed by atoms with Crippen molar-refractivity contribution in [3.63, 3.8) is 0 Å². The molecule has 0 aliphatic heterocycles. The molecule has 0 unspecified atom stereocenters. The summed E-state index contributed by atoms with van der Waals surface area (Å²) in [6, 6.07) is 8.15.